The van der Waals surface area contributed by atoms with Crippen LogP contribution >= 0.6 is 0 Å². The van der Waals surface area contributed by atoms with Crippen LogP contribution in [0.5, 0.6) is 0 Å². The monoisotopic (exact) mass is 362 g/mol. The number of aryl methyl sites for hydroxylation is 1. The lowest BCUT2D eigenvalue weighted by molar-refractivity contribution is -0.135. The van der Waals surface area contributed by atoms with Crippen LogP contribution < -0.4 is 0 Å². The number of carbonyl (C=O) groups excluding carboxylic acids is 1. The van der Waals surface area contributed by atoms with Crippen LogP contribution in [-0.4, -0.2) is 58.3 Å². The molecular weight excluding hydrogens is 328 g/mol. The Kier molecular flexibility index (Phi) is 6.70. The van der Waals surface area contributed by atoms with E-state index in [1.54, 1.807) is 0 Å². The van der Waals surface area contributed by atoms with Gasteiger partial charge in [0, 0.05) is 62.9 Å². The molecule has 3 rings (SSSR count). The summed E-state index contributed by atoms with van der Waals surface area (Å²) < 4.78 is 7.83. The van der Waals surface area contributed by atoms with Crippen LogP contribution in [0.15, 0.2) is 0 Å². The van der Waals surface area contributed by atoms with Crippen molar-refractivity contribution in [2.24, 2.45) is 5.92 Å². The SMILES string of the molecule is CCC(CC)C(=O)N1CCCN(Cc2nn(CC)c3c2COCC3)CC1. The highest BCUT2D eigenvalue weighted by Crippen LogP contribution is 2.23. The van der Waals surface area contributed by atoms with Crippen molar-refractivity contribution in [2.75, 3.05) is 32.8 Å². The van der Waals surface area contributed by atoms with Crippen molar-refractivity contribution in [3.8, 4) is 0 Å². The summed E-state index contributed by atoms with van der Waals surface area (Å²) in [6.07, 6.45) is 3.89. The minimum atomic E-state index is 0.186. The van der Waals surface area contributed by atoms with Crippen LogP contribution in [0.2, 0.25) is 0 Å². The quantitative estimate of drug-likeness (QED) is 0.780. The number of fused-ring (bicyclic) bond motifs is 1. The van der Waals surface area contributed by atoms with Gasteiger partial charge in [0.1, 0.15) is 0 Å². The van der Waals surface area contributed by atoms with E-state index < -0.39 is 0 Å². The molecule has 1 aromatic rings. The van der Waals surface area contributed by atoms with E-state index in [4.69, 9.17) is 9.84 Å². The molecule has 146 valence electrons. The molecule has 0 aliphatic carbocycles. The fourth-order valence-corrected chi connectivity index (χ4v) is 4.22. The average Bonchev–Trinajstić information content (AvgIpc) is 2.85. The zero-order valence-corrected chi connectivity index (χ0v) is 16.7. The summed E-state index contributed by atoms with van der Waals surface area (Å²) in [5, 5.41) is 4.86. The molecule has 6 nitrogen and oxygen atoms in total. The molecule has 0 radical (unpaired) electrons. The summed E-state index contributed by atoms with van der Waals surface area (Å²) in [7, 11) is 0. The second-order valence-corrected chi connectivity index (χ2v) is 7.46. The van der Waals surface area contributed by atoms with E-state index in [0.717, 1.165) is 71.6 Å². The van der Waals surface area contributed by atoms with Crippen molar-refractivity contribution < 1.29 is 9.53 Å². The first kappa shape index (κ1) is 19.4. The molecule has 3 heterocycles. The van der Waals surface area contributed by atoms with Gasteiger partial charge in [-0.3, -0.25) is 14.4 Å². The van der Waals surface area contributed by atoms with Gasteiger partial charge in [-0.15, -0.1) is 0 Å². The Morgan fingerprint density at radius 2 is 1.96 bits per heavy atom. The number of carbonyl (C=O) groups is 1. The van der Waals surface area contributed by atoms with Crippen molar-refractivity contribution in [1.29, 1.82) is 0 Å². The minimum Gasteiger partial charge on any atom is -0.376 e. The van der Waals surface area contributed by atoms with E-state index in [1.165, 1.54) is 17.0 Å². The van der Waals surface area contributed by atoms with Crippen LogP contribution in [0.25, 0.3) is 0 Å². The predicted octanol–water partition coefficient (Wildman–Crippen LogP) is 2.45. The molecule has 0 spiro atoms. The zero-order valence-electron chi connectivity index (χ0n) is 16.7. The summed E-state index contributed by atoms with van der Waals surface area (Å²) in [6, 6.07) is 0. The second-order valence-electron chi connectivity index (χ2n) is 7.46. The van der Waals surface area contributed by atoms with E-state index in [1.807, 2.05) is 0 Å². The predicted molar refractivity (Wildman–Crippen MR) is 102 cm³/mol. The van der Waals surface area contributed by atoms with Gasteiger partial charge in [-0.1, -0.05) is 13.8 Å². The lowest BCUT2D eigenvalue weighted by Crippen LogP contribution is -2.38. The molecule has 0 N–H and O–H groups in total. The highest BCUT2D eigenvalue weighted by atomic mass is 16.5. The van der Waals surface area contributed by atoms with E-state index in [0.29, 0.717) is 12.5 Å². The Morgan fingerprint density at radius 1 is 1.15 bits per heavy atom. The third-order valence-corrected chi connectivity index (χ3v) is 5.89. The maximum absolute atomic E-state index is 12.7. The van der Waals surface area contributed by atoms with E-state index >= 15 is 0 Å². The van der Waals surface area contributed by atoms with Crippen molar-refractivity contribution >= 4 is 5.91 Å². The van der Waals surface area contributed by atoms with Gasteiger partial charge < -0.3 is 9.64 Å². The van der Waals surface area contributed by atoms with Gasteiger partial charge in [-0.25, -0.2) is 0 Å². The summed E-state index contributed by atoms with van der Waals surface area (Å²) in [5.41, 5.74) is 3.82. The van der Waals surface area contributed by atoms with Crippen molar-refractivity contribution in [3.63, 3.8) is 0 Å². The molecule has 2 aliphatic heterocycles. The van der Waals surface area contributed by atoms with Gasteiger partial charge in [-0.2, -0.15) is 5.10 Å². The smallest absolute Gasteiger partial charge is 0.225 e. The van der Waals surface area contributed by atoms with E-state index in [-0.39, 0.29) is 5.92 Å². The van der Waals surface area contributed by atoms with Gasteiger partial charge in [0.25, 0.3) is 0 Å². The van der Waals surface area contributed by atoms with Crippen LogP contribution in [0.1, 0.15) is 57.0 Å². The molecule has 1 saturated heterocycles. The largest absolute Gasteiger partial charge is 0.376 e. The molecule has 1 fully saturated rings. The lowest BCUT2D eigenvalue weighted by Gasteiger charge is -2.25. The van der Waals surface area contributed by atoms with Crippen LogP contribution in [0.4, 0.5) is 0 Å². The standard InChI is InChI=1S/C20H34N4O2/c1-4-16(5-2)20(25)23-10-7-9-22(11-12-23)14-18-17-15-26-13-8-19(17)24(6-3)21-18/h16H,4-15H2,1-3H3. The van der Waals surface area contributed by atoms with Gasteiger partial charge >= 0.3 is 0 Å². The Labute approximate surface area is 157 Å². The van der Waals surface area contributed by atoms with Gasteiger partial charge in [0.05, 0.1) is 18.9 Å². The second kappa shape index (κ2) is 9.00. The van der Waals surface area contributed by atoms with Crippen molar-refractivity contribution in [1.82, 2.24) is 19.6 Å². The van der Waals surface area contributed by atoms with Gasteiger partial charge in [-0.05, 0) is 26.2 Å². The fourth-order valence-electron chi connectivity index (χ4n) is 4.22. The molecule has 0 bridgehead atoms. The molecule has 1 aromatic heterocycles. The topological polar surface area (TPSA) is 50.6 Å². The molecule has 0 unspecified atom stereocenters. The normalized spacial score (nSPS) is 18.8. The van der Waals surface area contributed by atoms with Crippen LogP contribution in [0, 0.1) is 5.92 Å². The number of hydrogen-bond acceptors (Lipinski definition) is 4. The first-order valence-corrected chi connectivity index (χ1v) is 10.3. The molecule has 2 aliphatic rings. The number of rotatable bonds is 6. The molecule has 6 heteroatoms. The third kappa shape index (κ3) is 4.12. The highest BCUT2D eigenvalue weighted by molar-refractivity contribution is 5.78. The molecule has 0 aromatic carbocycles. The number of hydrogen-bond donors (Lipinski definition) is 0. The fraction of sp³-hybridized carbons (Fsp3) is 0.800. The first-order chi connectivity index (χ1) is 12.7. The number of nitrogens with zero attached hydrogens (tertiary/aromatic N) is 4. The Balaban J connectivity index is 1.64. The molecule has 1 amide bonds. The van der Waals surface area contributed by atoms with E-state index in [2.05, 4.69) is 35.3 Å². The van der Waals surface area contributed by atoms with Gasteiger partial charge in [0.2, 0.25) is 5.91 Å². The number of amides is 1. The van der Waals surface area contributed by atoms with Crippen molar-refractivity contribution in [3.05, 3.63) is 17.0 Å². The van der Waals surface area contributed by atoms with Crippen LogP contribution in [-0.2, 0) is 35.6 Å². The molecule has 26 heavy (non-hydrogen) atoms. The molecular formula is C20H34N4O2. The molecule has 0 saturated carbocycles. The highest BCUT2D eigenvalue weighted by Gasteiger charge is 2.26. The lowest BCUT2D eigenvalue weighted by atomic mass is 10.0. The Bertz CT molecular complexity index is 609. The minimum absolute atomic E-state index is 0.186. The zero-order chi connectivity index (χ0) is 18.5. The molecule has 0 atom stereocenters. The maximum atomic E-state index is 12.7. The summed E-state index contributed by atoms with van der Waals surface area (Å²) in [4.78, 5) is 17.2. The summed E-state index contributed by atoms with van der Waals surface area (Å²) >= 11 is 0. The Morgan fingerprint density at radius 3 is 2.69 bits per heavy atom. The summed E-state index contributed by atoms with van der Waals surface area (Å²) in [6.45, 7) is 13.3. The van der Waals surface area contributed by atoms with Crippen molar-refractivity contribution in [2.45, 2.75) is 66.2 Å². The van der Waals surface area contributed by atoms with Crippen LogP contribution in [0.3, 0.4) is 0 Å². The number of ether oxygens (including phenoxy) is 1. The maximum Gasteiger partial charge on any atom is 0.225 e. The number of aromatic nitrogens is 2. The third-order valence-electron chi connectivity index (χ3n) is 5.89. The Hall–Kier alpha value is -1.40. The van der Waals surface area contributed by atoms with Gasteiger partial charge in [0.15, 0.2) is 0 Å². The van der Waals surface area contributed by atoms with E-state index in [9.17, 15) is 4.79 Å². The average molecular weight is 363 g/mol. The summed E-state index contributed by atoms with van der Waals surface area (Å²) in [5.74, 6) is 0.531. The first-order valence-electron chi connectivity index (χ1n) is 10.3.